The van der Waals surface area contributed by atoms with Gasteiger partial charge in [0.1, 0.15) is 17.9 Å². The van der Waals surface area contributed by atoms with Crippen molar-refractivity contribution in [3.63, 3.8) is 0 Å². The second kappa shape index (κ2) is 12.4. The Morgan fingerprint density at radius 2 is 1.91 bits per heavy atom. The highest BCUT2D eigenvalue weighted by Gasteiger charge is 2.40. The molecular weight excluding hydrogens is 434 g/mol. The van der Waals surface area contributed by atoms with Gasteiger partial charge >= 0.3 is 5.97 Å². The third-order valence-electron chi connectivity index (χ3n) is 5.45. The van der Waals surface area contributed by atoms with Gasteiger partial charge in [-0.15, -0.1) is 0 Å². The maximum absolute atomic E-state index is 13.0. The number of fused-ring (bicyclic) bond motifs is 1. The molecule has 0 aromatic rings. The molecule has 14 nitrogen and oxygen atoms in total. The molecule has 1 amide bonds. The van der Waals surface area contributed by atoms with Crippen molar-refractivity contribution in [1.29, 1.82) is 0 Å². The van der Waals surface area contributed by atoms with Gasteiger partial charge in [-0.05, 0) is 32.2 Å². The zero-order valence-corrected chi connectivity index (χ0v) is 18.5. The van der Waals surface area contributed by atoms with Gasteiger partial charge < -0.3 is 43.6 Å². The van der Waals surface area contributed by atoms with Crippen molar-refractivity contribution in [3.8, 4) is 0 Å². The monoisotopic (exact) mass is 469 g/mol. The van der Waals surface area contributed by atoms with Crippen LogP contribution in [0.5, 0.6) is 0 Å². The third-order valence-corrected chi connectivity index (χ3v) is 5.45. The highest BCUT2D eigenvalue weighted by molar-refractivity contribution is 6.11. The molecule has 12 N–H and O–H groups in total. The maximum atomic E-state index is 13.0. The zero-order valence-electron chi connectivity index (χ0n) is 18.5. The summed E-state index contributed by atoms with van der Waals surface area (Å²) >= 11 is 0. The first-order chi connectivity index (χ1) is 15.6. The van der Waals surface area contributed by atoms with E-state index in [-0.39, 0.29) is 43.7 Å². The minimum atomic E-state index is -1.19. The molecule has 186 valence electrons. The number of aliphatic hydroxyl groups is 2. The van der Waals surface area contributed by atoms with Crippen molar-refractivity contribution in [3.05, 3.63) is 0 Å². The van der Waals surface area contributed by atoms with Gasteiger partial charge in [0.15, 0.2) is 5.96 Å². The van der Waals surface area contributed by atoms with Gasteiger partial charge in [-0.3, -0.25) is 14.7 Å². The lowest BCUT2D eigenvalue weighted by Gasteiger charge is -2.26. The van der Waals surface area contributed by atoms with Crippen LogP contribution in [0.25, 0.3) is 0 Å². The highest BCUT2D eigenvalue weighted by atomic mass is 16.4. The third kappa shape index (κ3) is 7.63. The summed E-state index contributed by atoms with van der Waals surface area (Å²) in [4.78, 5) is 38.4. The number of unbranched alkanes of at least 4 members (excludes halogenated alkanes) is 1. The van der Waals surface area contributed by atoms with Gasteiger partial charge in [-0.2, -0.15) is 4.99 Å². The van der Waals surface area contributed by atoms with Crippen molar-refractivity contribution in [1.82, 2.24) is 10.2 Å². The smallest absolute Gasteiger partial charge is 0.326 e. The first-order valence-corrected chi connectivity index (χ1v) is 11.0. The fourth-order valence-corrected chi connectivity index (χ4v) is 3.63. The number of β-amino-alcohol motifs (C(OH)–C–C–N with tert-alkyl or cyclic N) is 1. The van der Waals surface area contributed by atoms with Gasteiger partial charge in [0.2, 0.25) is 11.9 Å². The Morgan fingerprint density at radius 3 is 2.55 bits per heavy atom. The van der Waals surface area contributed by atoms with E-state index in [1.807, 2.05) is 0 Å². The molecule has 0 bridgehead atoms. The standard InChI is InChI=1S/C19H35N9O5/c20-6-2-1-4-10(21)16(31)28-9-14(30)13(29)8-12-15(28)27-19(26-12)25-11(17(32)33)5-3-7-24-18(22)23/h10-14,29-30H,1-9,20-21H2,(H,25,26)(H,32,33)(H4,22,23,24)/t10-,11-,12?,13?,14?/m0/s1. The van der Waals surface area contributed by atoms with Gasteiger partial charge in [-0.25, -0.2) is 9.79 Å². The zero-order chi connectivity index (χ0) is 24.5. The summed E-state index contributed by atoms with van der Waals surface area (Å²) in [6.07, 6.45) is 0.117. The maximum Gasteiger partial charge on any atom is 0.326 e. The Balaban J connectivity index is 2.15. The van der Waals surface area contributed by atoms with Crippen LogP contribution < -0.4 is 28.3 Å². The lowest BCUT2D eigenvalue weighted by molar-refractivity contribution is -0.139. The number of carboxylic acid groups (broad SMARTS) is 1. The fourth-order valence-electron chi connectivity index (χ4n) is 3.63. The predicted octanol–water partition coefficient (Wildman–Crippen LogP) is -3.37. The Kier molecular flexibility index (Phi) is 9.96. The second-order valence-corrected chi connectivity index (χ2v) is 8.13. The van der Waals surface area contributed by atoms with E-state index in [4.69, 9.17) is 22.9 Å². The number of likely N-dealkylation sites (tertiary alicyclic amines) is 1. The second-order valence-electron chi connectivity index (χ2n) is 8.13. The molecule has 5 atom stereocenters. The van der Waals surface area contributed by atoms with Crippen LogP contribution >= 0.6 is 0 Å². The van der Waals surface area contributed by atoms with Gasteiger partial charge in [0.25, 0.3) is 0 Å². The minimum absolute atomic E-state index is 0.0274. The van der Waals surface area contributed by atoms with Crippen molar-refractivity contribution in [2.24, 2.45) is 37.9 Å². The van der Waals surface area contributed by atoms with Gasteiger partial charge in [-0.1, -0.05) is 6.42 Å². The van der Waals surface area contributed by atoms with Crippen LogP contribution in [0.4, 0.5) is 0 Å². The Labute approximate surface area is 191 Å². The summed E-state index contributed by atoms with van der Waals surface area (Å²) in [5.41, 5.74) is 22.1. The molecule has 2 rings (SSSR count). The van der Waals surface area contributed by atoms with Crippen molar-refractivity contribution in [2.45, 2.75) is 68.9 Å². The molecule has 0 spiro atoms. The Bertz CT molecular complexity index is 784. The Morgan fingerprint density at radius 1 is 1.18 bits per heavy atom. The summed E-state index contributed by atoms with van der Waals surface area (Å²) in [5.74, 6) is -1.39. The summed E-state index contributed by atoms with van der Waals surface area (Å²) in [5, 5.41) is 32.8. The number of nitrogens with two attached hydrogens (primary N) is 4. The number of carboxylic acids is 1. The fraction of sp³-hybridized carbons (Fsp3) is 0.737. The molecule has 2 aliphatic heterocycles. The van der Waals surface area contributed by atoms with E-state index >= 15 is 0 Å². The number of aliphatic carboxylic acids is 1. The molecule has 2 aliphatic rings. The van der Waals surface area contributed by atoms with Crippen LogP contribution in [0, 0.1) is 0 Å². The first kappa shape index (κ1) is 26.4. The number of carbonyl (C=O) groups is 2. The molecule has 0 aliphatic carbocycles. The number of aliphatic imine (C=N–C) groups is 3. The number of nitrogens with zero attached hydrogens (tertiary/aromatic N) is 4. The normalized spacial score (nSPS) is 24.1. The quantitative estimate of drug-likeness (QED) is 0.0846. The van der Waals surface area contributed by atoms with E-state index in [0.717, 1.165) is 6.42 Å². The number of carbonyl (C=O) groups excluding carboxylic acids is 1. The van der Waals surface area contributed by atoms with Crippen LogP contribution in [0.1, 0.15) is 38.5 Å². The number of amidine groups is 1. The SMILES string of the molecule is NCCCC[C@H](N)C(=O)N1CC(O)C(O)CC2N=C(N[C@@H](CCCN=C(N)N)C(=O)O)N=C21. The number of hydrogen-bond acceptors (Lipinski definition) is 10. The van der Waals surface area contributed by atoms with E-state index in [1.54, 1.807) is 0 Å². The van der Waals surface area contributed by atoms with Crippen LogP contribution in [-0.4, -0.2) is 99.8 Å². The lowest BCUT2D eigenvalue weighted by atomic mass is 10.1. The lowest BCUT2D eigenvalue weighted by Crippen LogP contribution is -2.50. The predicted molar refractivity (Wildman–Crippen MR) is 122 cm³/mol. The average Bonchev–Trinajstić information content (AvgIpc) is 3.10. The molecule has 1 saturated heterocycles. The summed E-state index contributed by atoms with van der Waals surface area (Å²) in [6, 6.07) is -2.57. The van der Waals surface area contributed by atoms with Crippen molar-refractivity contribution in [2.75, 3.05) is 19.6 Å². The summed E-state index contributed by atoms with van der Waals surface area (Å²) in [7, 11) is 0. The number of nitrogens with one attached hydrogen (secondary N) is 1. The Hall–Kier alpha value is -2.81. The van der Waals surface area contributed by atoms with Crippen molar-refractivity contribution < 1.29 is 24.9 Å². The van der Waals surface area contributed by atoms with E-state index in [2.05, 4.69) is 20.3 Å². The van der Waals surface area contributed by atoms with Crippen LogP contribution in [0.3, 0.4) is 0 Å². The van der Waals surface area contributed by atoms with E-state index in [1.165, 1.54) is 4.90 Å². The molecule has 3 unspecified atom stereocenters. The molecule has 0 saturated carbocycles. The van der Waals surface area contributed by atoms with E-state index < -0.39 is 42.2 Å². The van der Waals surface area contributed by atoms with E-state index in [9.17, 15) is 24.9 Å². The molecular formula is C19H35N9O5. The number of rotatable bonds is 11. The van der Waals surface area contributed by atoms with Crippen molar-refractivity contribution >= 4 is 29.6 Å². The average molecular weight is 470 g/mol. The van der Waals surface area contributed by atoms with Crippen LogP contribution in [-0.2, 0) is 9.59 Å². The van der Waals surface area contributed by atoms with Gasteiger partial charge in [0.05, 0.1) is 24.8 Å². The molecule has 2 heterocycles. The summed E-state index contributed by atoms with van der Waals surface area (Å²) in [6.45, 7) is 0.569. The number of aliphatic hydroxyl groups excluding tert-OH is 2. The van der Waals surface area contributed by atoms with Gasteiger partial charge in [0, 0.05) is 13.0 Å². The molecule has 14 heteroatoms. The largest absolute Gasteiger partial charge is 0.480 e. The summed E-state index contributed by atoms with van der Waals surface area (Å²) < 4.78 is 0. The van der Waals surface area contributed by atoms with E-state index in [0.29, 0.717) is 25.8 Å². The number of amides is 1. The molecule has 0 aromatic heterocycles. The first-order valence-electron chi connectivity index (χ1n) is 11.0. The highest BCUT2D eigenvalue weighted by Crippen LogP contribution is 2.22. The number of guanidine groups is 2. The van der Waals surface area contributed by atoms with Crippen LogP contribution in [0.2, 0.25) is 0 Å². The molecule has 0 aromatic carbocycles. The van der Waals surface area contributed by atoms with Crippen LogP contribution in [0.15, 0.2) is 15.0 Å². The molecule has 1 fully saturated rings. The topological polar surface area (TPSA) is 251 Å². The minimum Gasteiger partial charge on any atom is -0.480 e. The molecule has 33 heavy (non-hydrogen) atoms. The molecule has 0 radical (unpaired) electrons. The number of hydrogen-bond donors (Lipinski definition) is 8.